The van der Waals surface area contributed by atoms with Gasteiger partial charge in [-0.3, -0.25) is 0 Å². The third-order valence-corrected chi connectivity index (χ3v) is 5.61. The lowest BCUT2D eigenvalue weighted by Gasteiger charge is -2.14. The molecule has 2 aromatic carbocycles. The Kier molecular flexibility index (Phi) is 6.46. The summed E-state index contributed by atoms with van der Waals surface area (Å²) in [6.07, 6.45) is 6.78. The SMILES string of the molecule is CCCCC1CCC(c2ccc(-c3ccc(OCC)c(F)c3F)cc2F)C1. The Bertz CT molecular complexity index is 787. The molecule has 0 N–H and O–H groups in total. The van der Waals surface area contributed by atoms with Crippen LogP contribution in [0.25, 0.3) is 11.1 Å². The molecule has 2 unspecified atom stereocenters. The second kappa shape index (κ2) is 8.81. The highest BCUT2D eigenvalue weighted by Crippen LogP contribution is 2.42. The first-order valence-corrected chi connectivity index (χ1v) is 9.95. The van der Waals surface area contributed by atoms with Crippen molar-refractivity contribution in [3.63, 3.8) is 0 Å². The van der Waals surface area contributed by atoms with E-state index in [4.69, 9.17) is 4.74 Å². The van der Waals surface area contributed by atoms with E-state index >= 15 is 0 Å². The fourth-order valence-electron chi connectivity index (χ4n) is 4.16. The molecular formula is C23H27F3O. The first-order valence-electron chi connectivity index (χ1n) is 9.95. The first kappa shape index (κ1) is 19.8. The van der Waals surface area contributed by atoms with Crippen LogP contribution in [-0.4, -0.2) is 6.61 Å². The monoisotopic (exact) mass is 376 g/mol. The maximum Gasteiger partial charge on any atom is 0.201 e. The molecule has 2 atom stereocenters. The first-order chi connectivity index (χ1) is 13.0. The lowest BCUT2D eigenvalue weighted by molar-refractivity contribution is 0.314. The fourth-order valence-corrected chi connectivity index (χ4v) is 4.16. The van der Waals surface area contributed by atoms with E-state index in [1.807, 2.05) is 0 Å². The second-order valence-electron chi connectivity index (χ2n) is 7.43. The highest BCUT2D eigenvalue weighted by atomic mass is 19.2. The lowest BCUT2D eigenvalue weighted by atomic mass is 9.92. The molecule has 1 saturated carbocycles. The molecule has 0 heterocycles. The summed E-state index contributed by atoms with van der Waals surface area (Å²) < 4.78 is 48.3. The highest BCUT2D eigenvalue weighted by Gasteiger charge is 2.27. The fraction of sp³-hybridized carbons (Fsp3) is 0.478. The van der Waals surface area contributed by atoms with E-state index in [2.05, 4.69) is 6.92 Å². The molecule has 146 valence electrons. The van der Waals surface area contributed by atoms with Crippen LogP contribution in [0.15, 0.2) is 30.3 Å². The van der Waals surface area contributed by atoms with Crippen LogP contribution in [0, 0.1) is 23.4 Å². The topological polar surface area (TPSA) is 9.23 Å². The molecule has 0 aliphatic heterocycles. The van der Waals surface area contributed by atoms with Crippen molar-refractivity contribution in [1.82, 2.24) is 0 Å². The van der Waals surface area contributed by atoms with E-state index in [1.54, 1.807) is 19.1 Å². The maximum absolute atomic E-state index is 14.8. The molecule has 2 aromatic rings. The third-order valence-electron chi connectivity index (χ3n) is 5.61. The van der Waals surface area contributed by atoms with Crippen molar-refractivity contribution in [3.05, 3.63) is 53.3 Å². The van der Waals surface area contributed by atoms with Gasteiger partial charge in [-0.1, -0.05) is 38.3 Å². The quantitative estimate of drug-likeness (QED) is 0.495. The predicted molar refractivity (Wildman–Crippen MR) is 103 cm³/mol. The van der Waals surface area contributed by atoms with Crippen molar-refractivity contribution in [2.24, 2.45) is 5.92 Å². The van der Waals surface area contributed by atoms with Gasteiger partial charge >= 0.3 is 0 Å². The molecule has 0 radical (unpaired) electrons. The average molecular weight is 376 g/mol. The van der Waals surface area contributed by atoms with Crippen molar-refractivity contribution in [2.75, 3.05) is 6.61 Å². The molecule has 0 saturated heterocycles. The second-order valence-corrected chi connectivity index (χ2v) is 7.43. The number of hydrogen-bond acceptors (Lipinski definition) is 1. The summed E-state index contributed by atoms with van der Waals surface area (Å²) in [7, 11) is 0. The van der Waals surface area contributed by atoms with Crippen LogP contribution in [0.4, 0.5) is 13.2 Å². The zero-order valence-corrected chi connectivity index (χ0v) is 16.0. The largest absolute Gasteiger partial charge is 0.491 e. The summed E-state index contributed by atoms with van der Waals surface area (Å²) in [5.41, 5.74) is 1.09. The Balaban J connectivity index is 1.81. The summed E-state index contributed by atoms with van der Waals surface area (Å²) in [5, 5.41) is 0. The Morgan fingerprint density at radius 1 is 1.00 bits per heavy atom. The number of benzene rings is 2. The Labute approximate surface area is 159 Å². The summed E-state index contributed by atoms with van der Waals surface area (Å²) in [4.78, 5) is 0. The van der Waals surface area contributed by atoms with E-state index in [0.29, 0.717) is 17.0 Å². The third kappa shape index (κ3) is 4.31. The Hall–Kier alpha value is -1.97. The molecule has 1 fully saturated rings. The van der Waals surface area contributed by atoms with Gasteiger partial charge in [-0.2, -0.15) is 4.39 Å². The van der Waals surface area contributed by atoms with Gasteiger partial charge in [0.25, 0.3) is 0 Å². The van der Waals surface area contributed by atoms with Crippen LogP contribution in [0.5, 0.6) is 5.75 Å². The van der Waals surface area contributed by atoms with Gasteiger partial charge in [-0.15, -0.1) is 0 Å². The van der Waals surface area contributed by atoms with Crippen LogP contribution < -0.4 is 4.74 Å². The molecule has 4 heteroatoms. The summed E-state index contributed by atoms with van der Waals surface area (Å²) in [5.74, 6) is -1.60. The zero-order chi connectivity index (χ0) is 19.4. The minimum Gasteiger partial charge on any atom is -0.491 e. The molecule has 0 bridgehead atoms. The number of unbranched alkanes of at least 4 members (excludes halogenated alkanes) is 1. The van der Waals surface area contributed by atoms with Gasteiger partial charge in [0.2, 0.25) is 5.82 Å². The van der Waals surface area contributed by atoms with E-state index in [0.717, 1.165) is 19.3 Å². The average Bonchev–Trinajstić information content (AvgIpc) is 3.12. The van der Waals surface area contributed by atoms with Crippen molar-refractivity contribution in [3.8, 4) is 16.9 Å². The van der Waals surface area contributed by atoms with Crippen LogP contribution in [0.2, 0.25) is 0 Å². The van der Waals surface area contributed by atoms with Gasteiger partial charge in [0.15, 0.2) is 11.6 Å². The molecule has 1 aliphatic rings. The summed E-state index contributed by atoms with van der Waals surface area (Å²) >= 11 is 0. The highest BCUT2D eigenvalue weighted by molar-refractivity contribution is 5.66. The molecule has 1 nitrogen and oxygen atoms in total. The van der Waals surface area contributed by atoms with E-state index in [1.165, 1.54) is 37.5 Å². The summed E-state index contributed by atoms with van der Waals surface area (Å²) in [6, 6.07) is 7.58. The standard InChI is InChI=1S/C23H27F3O/c1-3-5-6-15-7-8-16(13-15)18-10-9-17(14-20(18)24)19-11-12-21(27-4-2)23(26)22(19)25/h9-12,14-16H,3-8,13H2,1-2H3. The van der Waals surface area contributed by atoms with Gasteiger partial charge in [-0.05, 0) is 67.3 Å². The molecule has 0 amide bonds. The lowest BCUT2D eigenvalue weighted by Crippen LogP contribution is -2.01. The number of halogens is 3. The maximum atomic E-state index is 14.8. The van der Waals surface area contributed by atoms with Crippen molar-refractivity contribution in [2.45, 2.75) is 58.3 Å². The van der Waals surface area contributed by atoms with Crippen molar-refractivity contribution >= 4 is 0 Å². The number of hydrogen-bond donors (Lipinski definition) is 0. The van der Waals surface area contributed by atoms with Crippen LogP contribution in [0.3, 0.4) is 0 Å². The van der Waals surface area contributed by atoms with Crippen molar-refractivity contribution < 1.29 is 17.9 Å². The smallest absolute Gasteiger partial charge is 0.201 e. The minimum absolute atomic E-state index is 0.0497. The van der Waals surface area contributed by atoms with Crippen molar-refractivity contribution in [1.29, 1.82) is 0 Å². The summed E-state index contributed by atoms with van der Waals surface area (Å²) in [6.45, 7) is 4.14. The van der Waals surface area contributed by atoms with Gasteiger partial charge in [0, 0.05) is 5.56 Å². The van der Waals surface area contributed by atoms with Gasteiger partial charge in [0.1, 0.15) is 5.82 Å². The molecular weight excluding hydrogens is 349 g/mol. The Morgan fingerprint density at radius 2 is 1.81 bits per heavy atom. The van der Waals surface area contributed by atoms with Crippen LogP contribution in [0.1, 0.15) is 63.9 Å². The molecule has 3 rings (SSSR count). The molecule has 1 aliphatic carbocycles. The molecule has 27 heavy (non-hydrogen) atoms. The van der Waals surface area contributed by atoms with Gasteiger partial charge < -0.3 is 4.74 Å². The van der Waals surface area contributed by atoms with Gasteiger partial charge in [0.05, 0.1) is 6.61 Å². The van der Waals surface area contributed by atoms with E-state index < -0.39 is 11.6 Å². The molecule has 0 spiro atoms. The minimum atomic E-state index is -1.03. The van der Waals surface area contributed by atoms with Crippen LogP contribution in [-0.2, 0) is 0 Å². The van der Waals surface area contributed by atoms with E-state index in [-0.39, 0.29) is 29.7 Å². The predicted octanol–water partition coefficient (Wildman–Crippen LogP) is 7.24. The molecule has 0 aromatic heterocycles. The number of ether oxygens (including phenoxy) is 1. The van der Waals surface area contributed by atoms with Gasteiger partial charge in [-0.25, -0.2) is 8.78 Å². The van der Waals surface area contributed by atoms with E-state index in [9.17, 15) is 13.2 Å². The normalized spacial score (nSPS) is 19.4. The van der Waals surface area contributed by atoms with Crippen LogP contribution >= 0.6 is 0 Å². The zero-order valence-electron chi connectivity index (χ0n) is 16.0. The Morgan fingerprint density at radius 3 is 2.52 bits per heavy atom. The number of rotatable bonds is 7.